The van der Waals surface area contributed by atoms with E-state index in [2.05, 4.69) is 38.2 Å². The molecule has 8 N–H and O–H groups in total. The predicted octanol–water partition coefficient (Wildman–Crippen LogP) is 2.04. The number of rotatable bonds is 4. The largest absolute Gasteiger partial charge is 0.390 e. The summed E-state index contributed by atoms with van der Waals surface area (Å²) in [7, 11) is 0. The number of aliphatic hydroxyl groups is 5. The molecule has 7 aliphatic rings. The monoisotopic (exact) mass is 628 g/mol. The number of carbonyl (C=O) groups excluding carboxylic acids is 1. The molecule has 9 nitrogen and oxygen atoms in total. The van der Waals surface area contributed by atoms with E-state index in [1.54, 1.807) is 13.0 Å². The minimum absolute atomic E-state index is 0.0172. The van der Waals surface area contributed by atoms with Gasteiger partial charge >= 0.3 is 0 Å². The Bertz CT molecular complexity index is 1250. The first-order chi connectivity index (χ1) is 21.1. The van der Waals surface area contributed by atoms with E-state index in [-0.39, 0.29) is 48.0 Å². The van der Waals surface area contributed by atoms with Gasteiger partial charge in [0.25, 0.3) is 0 Å². The molecule has 2 aliphatic heterocycles. The number of nitrogens with two attached hydrogens (primary N) is 1. The van der Waals surface area contributed by atoms with Crippen LogP contribution in [0, 0.1) is 58.2 Å². The fourth-order valence-electron chi connectivity index (χ4n) is 12.0. The van der Waals surface area contributed by atoms with Crippen molar-refractivity contribution in [3.05, 3.63) is 23.8 Å². The lowest BCUT2D eigenvalue weighted by Gasteiger charge is -2.63. The van der Waals surface area contributed by atoms with Crippen molar-refractivity contribution in [2.45, 2.75) is 121 Å². The van der Waals surface area contributed by atoms with Gasteiger partial charge in [0.2, 0.25) is 0 Å². The van der Waals surface area contributed by atoms with E-state index in [9.17, 15) is 30.3 Å². The molecule has 252 valence electrons. The molecular weight excluding hydrogens is 572 g/mol. The average molecular weight is 629 g/mol. The van der Waals surface area contributed by atoms with Gasteiger partial charge in [0.1, 0.15) is 6.10 Å². The third kappa shape index (κ3) is 4.58. The average Bonchev–Trinajstić information content (AvgIpc) is 3.41. The molecule has 1 spiro atoms. The summed E-state index contributed by atoms with van der Waals surface area (Å²) < 4.78 is 6.02. The third-order valence-electron chi connectivity index (χ3n) is 14.8. The van der Waals surface area contributed by atoms with E-state index >= 15 is 0 Å². The Hall–Kier alpha value is -1.17. The summed E-state index contributed by atoms with van der Waals surface area (Å²) in [4.78, 5) is 14.2. The maximum Gasteiger partial charge on any atom is 0.159 e. The highest BCUT2D eigenvalue weighted by Crippen LogP contribution is 2.72. The Morgan fingerprint density at radius 2 is 1.82 bits per heavy atom. The highest BCUT2D eigenvalue weighted by atomic mass is 16.5. The molecule has 45 heavy (non-hydrogen) atoms. The van der Waals surface area contributed by atoms with Crippen molar-refractivity contribution in [1.82, 2.24) is 5.32 Å². The Morgan fingerprint density at radius 1 is 1.09 bits per heavy atom. The molecule has 3 saturated carbocycles. The second-order valence-electron chi connectivity index (χ2n) is 17.0. The van der Waals surface area contributed by atoms with E-state index in [4.69, 9.17) is 10.5 Å². The molecule has 7 rings (SSSR count). The first-order valence-electron chi connectivity index (χ1n) is 17.7. The Labute approximate surface area is 267 Å². The smallest absolute Gasteiger partial charge is 0.159 e. The van der Waals surface area contributed by atoms with Crippen LogP contribution in [0.4, 0.5) is 0 Å². The Morgan fingerprint density at radius 3 is 2.49 bits per heavy atom. The van der Waals surface area contributed by atoms with Crippen molar-refractivity contribution >= 4 is 5.78 Å². The van der Waals surface area contributed by atoms with E-state index < -0.39 is 58.3 Å². The lowest BCUT2D eigenvalue weighted by atomic mass is 9.42. The fourth-order valence-corrected chi connectivity index (χ4v) is 12.0. The minimum Gasteiger partial charge on any atom is -0.390 e. The summed E-state index contributed by atoms with van der Waals surface area (Å²) in [6, 6.07) is 0. The standard InChI is InChI=1S/C36H56N2O7/c1-18-17-45-31(19(18)2)32(42)34(4,43)28-9-10-36(44)24-12-25(39)23-11-26(40)27(41)15-35(23)14-20(22-7-8-29(37)38-16-22)5-6-21(30(24)35)13-33(28,36)3/h5-6,12,18-23,26-32,38,40-44H,7-11,13-17,37H2,1-4H3/t18-,19-,20+,21-,22?,23-,26+,27-,28+,29?,30-,31+,32+,33+,34+,35-,36-/m0/s1. The Kier molecular flexibility index (Phi) is 7.86. The number of ketones is 1. The molecule has 0 aromatic carbocycles. The van der Waals surface area contributed by atoms with Crippen LogP contribution in [0.2, 0.25) is 0 Å². The lowest BCUT2D eigenvalue weighted by Crippen LogP contribution is -2.66. The zero-order valence-electron chi connectivity index (χ0n) is 27.4. The van der Waals surface area contributed by atoms with Crippen molar-refractivity contribution in [3.8, 4) is 0 Å². The predicted molar refractivity (Wildman–Crippen MR) is 168 cm³/mol. The number of piperidine rings is 1. The molecule has 0 radical (unpaired) electrons. The van der Waals surface area contributed by atoms with Crippen LogP contribution >= 0.6 is 0 Å². The second-order valence-corrected chi connectivity index (χ2v) is 17.0. The zero-order valence-corrected chi connectivity index (χ0v) is 27.4. The summed E-state index contributed by atoms with van der Waals surface area (Å²) >= 11 is 0. The zero-order chi connectivity index (χ0) is 32.3. The molecule has 2 heterocycles. The van der Waals surface area contributed by atoms with Crippen LogP contribution < -0.4 is 11.1 Å². The van der Waals surface area contributed by atoms with Gasteiger partial charge < -0.3 is 41.3 Å². The molecule has 0 amide bonds. The van der Waals surface area contributed by atoms with Crippen LogP contribution in [-0.4, -0.2) is 86.3 Å². The van der Waals surface area contributed by atoms with E-state index in [0.717, 1.165) is 25.0 Å². The molecule has 0 aromatic rings. The van der Waals surface area contributed by atoms with Crippen molar-refractivity contribution in [1.29, 1.82) is 0 Å². The topological polar surface area (TPSA) is 166 Å². The van der Waals surface area contributed by atoms with Crippen LogP contribution in [0.25, 0.3) is 0 Å². The molecule has 17 atom stereocenters. The number of nitrogens with one attached hydrogen (secondary N) is 1. The summed E-state index contributed by atoms with van der Waals surface area (Å²) in [5, 5.41) is 62.4. The number of carbonyl (C=O) groups is 1. The van der Waals surface area contributed by atoms with Gasteiger partial charge in [-0.05, 0) is 123 Å². The molecule has 0 bridgehead atoms. The van der Waals surface area contributed by atoms with Gasteiger partial charge in [-0.3, -0.25) is 4.79 Å². The maximum absolute atomic E-state index is 14.2. The van der Waals surface area contributed by atoms with E-state index in [0.29, 0.717) is 44.6 Å². The second kappa shape index (κ2) is 10.9. The molecule has 9 heteroatoms. The van der Waals surface area contributed by atoms with Crippen LogP contribution in [0.1, 0.15) is 79.1 Å². The van der Waals surface area contributed by atoms with E-state index in [1.165, 1.54) is 0 Å². The number of hydrogen-bond donors (Lipinski definition) is 7. The van der Waals surface area contributed by atoms with Gasteiger partial charge in [0.05, 0.1) is 35.7 Å². The van der Waals surface area contributed by atoms with Crippen molar-refractivity contribution < 1.29 is 35.1 Å². The quantitative estimate of drug-likeness (QED) is 0.231. The minimum atomic E-state index is -1.52. The lowest BCUT2D eigenvalue weighted by molar-refractivity contribution is -0.201. The van der Waals surface area contributed by atoms with Gasteiger partial charge in [-0.1, -0.05) is 32.9 Å². The van der Waals surface area contributed by atoms with Crippen LogP contribution in [0.3, 0.4) is 0 Å². The van der Waals surface area contributed by atoms with Crippen molar-refractivity contribution in [3.63, 3.8) is 0 Å². The molecular formula is C36H56N2O7. The normalized spacial score (nSPS) is 54.7. The van der Waals surface area contributed by atoms with Gasteiger partial charge in [0, 0.05) is 17.9 Å². The number of allylic oxidation sites excluding steroid dienone is 3. The first kappa shape index (κ1) is 32.4. The van der Waals surface area contributed by atoms with Crippen LogP contribution in [0.5, 0.6) is 0 Å². The maximum atomic E-state index is 14.2. The van der Waals surface area contributed by atoms with Gasteiger partial charge in [-0.15, -0.1) is 0 Å². The third-order valence-corrected chi connectivity index (χ3v) is 14.8. The molecule has 0 aromatic heterocycles. The summed E-state index contributed by atoms with van der Waals surface area (Å²) in [5.74, 6) is -0.246. The SMILES string of the molecule is C[C@@H]1[C@H]([C@@H](O)[C@](C)(O)[C@@H]2CC[C@]3(O)C4=CC(=O)[C@@H]5C[C@@H](O)[C@@H](O)C[C@@]56C[C@H](C5CCC(N)NC5)C=C[C@@H](C[C@]23C)[C@@H]46)OC[C@@H]1C. The van der Waals surface area contributed by atoms with Crippen LogP contribution in [-0.2, 0) is 9.53 Å². The molecule has 2 saturated heterocycles. The first-order valence-corrected chi connectivity index (χ1v) is 17.7. The number of hydrogen-bond acceptors (Lipinski definition) is 9. The molecule has 5 fully saturated rings. The highest BCUT2D eigenvalue weighted by molar-refractivity contribution is 5.95. The Balaban J connectivity index is 1.31. The summed E-state index contributed by atoms with van der Waals surface area (Å²) in [6.07, 6.45) is 7.43. The number of ether oxygens (including phenoxy) is 1. The highest BCUT2D eigenvalue weighted by Gasteiger charge is 2.72. The fraction of sp³-hybridized carbons (Fsp3) is 0.861. The number of fused-ring (bicyclic) bond motifs is 2. The van der Waals surface area contributed by atoms with Crippen molar-refractivity contribution in [2.24, 2.45) is 63.9 Å². The summed E-state index contributed by atoms with van der Waals surface area (Å²) in [6.45, 7) is 9.26. The van der Waals surface area contributed by atoms with Gasteiger partial charge in [-0.2, -0.15) is 0 Å². The molecule has 5 aliphatic carbocycles. The van der Waals surface area contributed by atoms with E-state index in [1.807, 2.05) is 0 Å². The van der Waals surface area contributed by atoms with Crippen LogP contribution in [0.15, 0.2) is 23.8 Å². The number of aliphatic hydroxyl groups excluding tert-OH is 3. The summed E-state index contributed by atoms with van der Waals surface area (Å²) in [5.41, 5.74) is 2.63. The van der Waals surface area contributed by atoms with Crippen molar-refractivity contribution in [2.75, 3.05) is 13.2 Å². The van der Waals surface area contributed by atoms with Gasteiger partial charge in [-0.25, -0.2) is 0 Å². The molecule has 2 unspecified atom stereocenters. The van der Waals surface area contributed by atoms with Gasteiger partial charge in [0.15, 0.2) is 5.78 Å².